The Balaban J connectivity index is 2.57. The van der Waals surface area contributed by atoms with Crippen LogP contribution in [0.1, 0.15) is 22.8 Å². The second kappa shape index (κ2) is 9.09. The third-order valence-corrected chi connectivity index (χ3v) is 2.82. The summed E-state index contributed by atoms with van der Waals surface area (Å²) in [5.41, 5.74) is 1.02. The molecule has 1 N–H and O–H groups in total. The molecule has 2 amide bonds. The Morgan fingerprint density at radius 3 is 2.21 bits per heavy atom. The minimum atomic E-state index is -1.16. The van der Waals surface area contributed by atoms with Gasteiger partial charge in [-0.25, -0.2) is 14.4 Å². The van der Waals surface area contributed by atoms with Crippen molar-refractivity contribution in [2.75, 3.05) is 14.2 Å². The van der Waals surface area contributed by atoms with Crippen LogP contribution in [0.4, 0.5) is 4.79 Å². The number of rotatable bonds is 5. The molecule has 0 aromatic heterocycles. The first kappa shape index (κ1) is 18.9. The highest BCUT2D eigenvalue weighted by atomic mass is 16.6. The lowest BCUT2D eigenvalue weighted by Crippen LogP contribution is -2.39. The number of methoxy groups -OCH3 is 2. The van der Waals surface area contributed by atoms with Gasteiger partial charge >= 0.3 is 18.0 Å². The molecule has 8 nitrogen and oxygen atoms in total. The summed E-state index contributed by atoms with van der Waals surface area (Å²) in [5.74, 6) is -2.03. The van der Waals surface area contributed by atoms with E-state index in [-0.39, 0.29) is 0 Å². The first-order valence-electron chi connectivity index (χ1n) is 6.83. The largest absolute Gasteiger partial charge is 0.465 e. The van der Waals surface area contributed by atoms with Crippen LogP contribution in [0.2, 0.25) is 0 Å². The fraction of sp³-hybridized carbons (Fsp3) is 0.250. The van der Waals surface area contributed by atoms with Gasteiger partial charge in [-0.15, -0.1) is 0 Å². The van der Waals surface area contributed by atoms with Crippen LogP contribution in [0.15, 0.2) is 30.3 Å². The Kier molecular flexibility index (Phi) is 7.15. The molecular weight excluding hydrogens is 318 g/mol. The summed E-state index contributed by atoms with van der Waals surface area (Å²) in [6, 6.07) is 6.32. The number of hydrogen-bond acceptors (Lipinski definition) is 7. The molecule has 0 heterocycles. The van der Waals surface area contributed by atoms with E-state index in [1.807, 2.05) is 5.32 Å². The minimum absolute atomic E-state index is 0.380. The van der Waals surface area contributed by atoms with Crippen molar-refractivity contribution in [3.63, 3.8) is 0 Å². The molecule has 128 valence electrons. The maximum absolute atomic E-state index is 11.6. The van der Waals surface area contributed by atoms with E-state index in [1.54, 1.807) is 24.3 Å². The van der Waals surface area contributed by atoms with Crippen molar-refractivity contribution in [1.82, 2.24) is 5.32 Å². The molecule has 1 rings (SSSR count). The number of ether oxygens (including phenoxy) is 3. The van der Waals surface area contributed by atoms with Gasteiger partial charge in [0.15, 0.2) is 6.10 Å². The number of esters is 2. The fourth-order valence-corrected chi connectivity index (χ4v) is 1.53. The molecule has 8 heteroatoms. The smallest absolute Gasteiger partial charge is 0.413 e. The summed E-state index contributed by atoms with van der Waals surface area (Å²) in [5, 5.41) is 1.89. The monoisotopic (exact) mass is 335 g/mol. The van der Waals surface area contributed by atoms with E-state index >= 15 is 0 Å². The molecule has 1 aromatic rings. The molecule has 24 heavy (non-hydrogen) atoms. The standard InChI is InChI=1S/C16H17NO7/c1-10(14(19)17-16(21)23-3)24-13(18)9-6-11-4-7-12(8-5-11)15(20)22-2/h4-10H,1-3H3,(H,17,19,21)/b9-6+/t10-/m0/s1. The van der Waals surface area contributed by atoms with Crippen LogP contribution < -0.4 is 5.32 Å². The van der Waals surface area contributed by atoms with Crippen molar-refractivity contribution < 1.29 is 33.4 Å². The Morgan fingerprint density at radius 1 is 1.04 bits per heavy atom. The van der Waals surface area contributed by atoms with E-state index in [0.29, 0.717) is 11.1 Å². The summed E-state index contributed by atoms with van der Waals surface area (Å²) in [6.07, 6.45) is 0.468. The lowest BCUT2D eigenvalue weighted by molar-refractivity contribution is -0.149. The number of alkyl carbamates (subject to hydrolysis) is 1. The van der Waals surface area contributed by atoms with Crippen LogP contribution in [0.5, 0.6) is 0 Å². The third-order valence-electron chi connectivity index (χ3n) is 2.82. The zero-order valence-corrected chi connectivity index (χ0v) is 13.4. The summed E-state index contributed by atoms with van der Waals surface area (Å²) in [6.45, 7) is 1.31. The summed E-state index contributed by atoms with van der Waals surface area (Å²) < 4.78 is 13.7. The molecule has 0 bridgehead atoms. The highest BCUT2D eigenvalue weighted by Gasteiger charge is 2.19. The number of nitrogens with one attached hydrogen (secondary N) is 1. The van der Waals surface area contributed by atoms with Gasteiger partial charge in [0, 0.05) is 6.08 Å². The van der Waals surface area contributed by atoms with Gasteiger partial charge in [-0.1, -0.05) is 12.1 Å². The minimum Gasteiger partial charge on any atom is -0.465 e. The van der Waals surface area contributed by atoms with Gasteiger partial charge in [0.1, 0.15) is 0 Å². The second-order valence-electron chi connectivity index (χ2n) is 4.51. The van der Waals surface area contributed by atoms with Crippen molar-refractivity contribution in [3.05, 3.63) is 41.5 Å². The molecule has 0 aliphatic heterocycles. The van der Waals surface area contributed by atoms with Gasteiger partial charge in [0.25, 0.3) is 5.91 Å². The quantitative estimate of drug-likeness (QED) is 0.491. The molecule has 0 aliphatic rings. The van der Waals surface area contributed by atoms with Crippen LogP contribution in [0.3, 0.4) is 0 Å². The molecule has 0 unspecified atom stereocenters. The summed E-state index contributed by atoms with van der Waals surface area (Å²) in [7, 11) is 2.39. The number of carbonyl (C=O) groups excluding carboxylic acids is 4. The van der Waals surface area contributed by atoms with Gasteiger partial charge in [-0.05, 0) is 30.7 Å². The van der Waals surface area contributed by atoms with Crippen molar-refractivity contribution in [2.24, 2.45) is 0 Å². The van der Waals surface area contributed by atoms with Crippen molar-refractivity contribution in [1.29, 1.82) is 0 Å². The lowest BCUT2D eigenvalue weighted by Gasteiger charge is -2.10. The molecule has 0 radical (unpaired) electrons. The van der Waals surface area contributed by atoms with E-state index in [1.165, 1.54) is 20.1 Å². The third kappa shape index (κ3) is 5.91. The average Bonchev–Trinajstić information content (AvgIpc) is 2.59. The van der Waals surface area contributed by atoms with E-state index in [9.17, 15) is 19.2 Å². The molecular formula is C16H17NO7. The number of carbonyl (C=O) groups is 4. The predicted octanol–water partition coefficient (Wildman–Crippen LogP) is 1.30. The topological polar surface area (TPSA) is 108 Å². The highest BCUT2D eigenvalue weighted by Crippen LogP contribution is 2.07. The van der Waals surface area contributed by atoms with Gasteiger partial charge in [-0.3, -0.25) is 10.1 Å². The maximum Gasteiger partial charge on any atom is 0.413 e. The number of imide groups is 1. The van der Waals surface area contributed by atoms with Crippen LogP contribution in [-0.2, 0) is 23.8 Å². The van der Waals surface area contributed by atoms with Crippen LogP contribution in [0, 0.1) is 0 Å². The lowest BCUT2D eigenvalue weighted by atomic mass is 10.1. The molecule has 0 fully saturated rings. The van der Waals surface area contributed by atoms with Crippen LogP contribution in [0.25, 0.3) is 6.08 Å². The van der Waals surface area contributed by atoms with E-state index in [2.05, 4.69) is 9.47 Å². The van der Waals surface area contributed by atoms with E-state index in [4.69, 9.17) is 4.74 Å². The predicted molar refractivity (Wildman–Crippen MR) is 82.9 cm³/mol. The fourth-order valence-electron chi connectivity index (χ4n) is 1.53. The second-order valence-corrected chi connectivity index (χ2v) is 4.51. The van der Waals surface area contributed by atoms with E-state index < -0.39 is 30.0 Å². The Bertz CT molecular complexity index is 649. The average molecular weight is 335 g/mol. The number of hydrogen-bond donors (Lipinski definition) is 1. The zero-order valence-electron chi connectivity index (χ0n) is 13.4. The van der Waals surface area contributed by atoms with Crippen LogP contribution in [-0.4, -0.2) is 44.3 Å². The van der Waals surface area contributed by atoms with E-state index in [0.717, 1.165) is 13.2 Å². The highest BCUT2D eigenvalue weighted by molar-refractivity contribution is 5.96. The van der Waals surface area contributed by atoms with Gasteiger partial charge in [0.2, 0.25) is 0 Å². The molecule has 0 aliphatic carbocycles. The van der Waals surface area contributed by atoms with Crippen molar-refractivity contribution >= 4 is 30.0 Å². The molecule has 0 saturated carbocycles. The summed E-state index contributed by atoms with van der Waals surface area (Å²) in [4.78, 5) is 45.3. The molecule has 0 spiro atoms. The normalized spacial score (nSPS) is 11.5. The Morgan fingerprint density at radius 2 is 1.67 bits per heavy atom. The van der Waals surface area contributed by atoms with Gasteiger partial charge in [-0.2, -0.15) is 0 Å². The molecule has 0 saturated heterocycles. The van der Waals surface area contributed by atoms with Crippen molar-refractivity contribution in [2.45, 2.75) is 13.0 Å². The number of benzene rings is 1. The first-order valence-corrected chi connectivity index (χ1v) is 6.83. The molecule has 1 atom stereocenters. The SMILES string of the molecule is COC(=O)NC(=O)[C@H](C)OC(=O)/C=C/c1ccc(C(=O)OC)cc1. The van der Waals surface area contributed by atoms with Crippen molar-refractivity contribution in [3.8, 4) is 0 Å². The Hall–Kier alpha value is -3.16. The zero-order chi connectivity index (χ0) is 18.1. The van der Waals surface area contributed by atoms with Crippen LogP contribution >= 0.6 is 0 Å². The Labute approximate surface area is 138 Å². The molecule has 1 aromatic carbocycles. The summed E-state index contributed by atoms with van der Waals surface area (Å²) >= 11 is 0. The van der Waals surface area contributed by atoms with Gasteiger partial charge in [0.05, 0.1) is 19.8 Å². The maximum atomic E-state index is 11.6. The number of amides is 2. The van der Waals surface area contributed by atoms with Gasteiger partial charge < -0.3 is 14.2 Å². The first-order chi connectivity index (χ1) is 11.4.